The molecule has 2 heteroatoms. The van der Waals surface area contributed by atoms with Gasteiger partial charge in [-0.25, -0.2) is 0 Å². The van der Waals surface area contributed by atoms with Crippen LogP contribution in [-0.4, -0.2) is 12.3 Å². The van der Waals surface area contributed by atoms with Gasteiger partial charge in [-0.05, 0) is 36.8 Å². The van der Waals surface area contributed by atoms with Gasteiger partial charge in [0.05, 0.1) is 0 Å². The maximum absolute atomic E-state index is 12.2. The maximum Gasteiger partial charge on any atom is 0.163 e. The number of hydrogen-bond donors (Lipinski definition) is 1. The molecule has 2 rings (SSSR count). The second-order valence-electron chi connectivity index (χ2n) is 5.18. The second kappa shape index (κ2) is 5.46. The fraction of sp³-hybridized carbons (Fsp3) is 0.533. The number of carbonyl (C=O) groups is 1. The molecule has 17 heavy (non-hydrogen) atoms. The van der Waals surface area contributed by atoms with Gasteiger partial charge in [-0.3, -0.25) is 4.79 Å². The molecule has 0 bridgehead atoms. The van der Waals surface area contributed by atoms with Crippen LogP contribution in [-0.2, 0) is 0 Å². The second-order valence-corrected chi connectivity index (χ2v) is 5.18. The zero-order chi connectivity index (χ0) is 12.3. The van der Waals surface area contributed by atoms with Crippen molar-refractivity contribution in [1.82, 2.24) is 0 Å². The predicted molar refractivity (Wildman–Crippen MR) is 70.2 cm³/mol. The zero-order valence-electron chi connectivity index (χ0n) is 10.5. The van der Waals surface area contributed by atoms with E-state index >= 15 is 0 Å². The van der Waals surface area contributed by atoms with E-state index in [-0.39, 0.29) is 11.7 Å². The Bertz CT molecular complexity index is 396. The minimum Gasteiger partial charge on any atom is -0.330 e. The number of Topliss-reactive ketones (excluding diaryl/α,β-unsaturated/α-hetero) is 1. The van der Waals surface area contributed by atoms with Gasteiger partial charge in [-0.1, -0.05) is 37.6 Å². The number of benzene rings is 1. The van der Waals surface area contributed by atoms with Gasteiger partial charge in [0.2, 0.25) is 0 Å². The molecular formula is C15H21NO. The van der Waals surface area contributed by atoms with Crippen LogP contribution in [0.3, 0.4) is 0 Å². The van der Waals surface area contributed by atoms with Gasteiger partial charge in [0, 0.05) is 12.0 Å². The van der Waals surface area contributed by atoms with E-state index in [1.807, 2.05) is 25.1 Å². The molecular weight excluding hydrogens is 210 g/mol. The molecule has 2 nitrogen and oxygen atoms in total. The summed E-state index contributed by atoms with van der Waals surface area (Å²) in [5.74, 6) is 1.14. The largest absolute Gasteiger partial charge is 0.330 e. The quantitative estimate of drug-likeness (QED) is 0.791. The first-order chi connectivity index (χ1) is 8.22. The van der Waals surface area contributed by atoms with Crippen LogP contribution >= 0.6 is 0 Å². The van der Waals surface area contributed by atoms with Gasteiger partial charge in [-0.2, -0.15) is 0 Å². The van der Waals surface area contributed by atoms with Gasteiger partial charge >= 0.3 is 0 Å². The first-order valence-corrected chi connectivity index (χ1v) is 6.54. The van der Waals surface area contributed by atoms with E-state index in [1.165, 1.54) is 24.8 Å². The molecule has 0 radical (unpaired) electrons. The molecule has 1 aliphatic carbocycles. The summed E-state index contributed by atoms with van der Waals surface area (Å²) in [6.07, 6.45) is 4.33. The Morgan fingerprint density at radius 3 is 2.71 bits per heavy atom. The summed E-state index contributed by atoms with van der Waals surface area (Å²) in [4.78, 5) is 12.2. The molecule has 1 aromatic rings. The molecule has 0 spiro atoms. The van der Waals surface area contributed by atoms with Crippen molar-refractivity contribution in [2.45, 2.75) is 38.5 Å². The molecule has 1 atom stereocenters. The normalized spacial score (nSPS) is 17.5. The molecule has 2 N–H and O–H groups in total. The summed E-state index contributed by atoms with van der Waals surface area (Å²) >= 11 is 0. The maximum atomic E-state index is 12.2. The van der Waals surface area contributed by atoms with Crippen LogP contribution < -0.4 is 5.73 Å². The van der Waals surface area contributed by atoms with Crippen molar-refractivity contribution >= 4 is 5.78 Å². The van der Waals surface area contributed by atoms with E-state index in [0.717, 1.165) is 5.56 Å². The van der Waals surface area contributed by atoms with Gasteiger partial charge in [0.1, 0.15) is 0 Å². The Morgan fingerprint density at radius 1 is 1.41 bits per heavy atom. The van der Waals surface area contributed by atoms with Crippen molar-refractivity contribution in [3.63, 3.8) is 0 Å². The molecule has 0 heterocycles. The number of rotatable bonds is 5. The van der Waals surface area contributed by atoms with Crippen LogP contribution in [0.5, 0.6) is 0 Å². The van der Waals surface area contributed by atoms with Crippen molar-refractivity contribution < 1.29 is 4.79 Å². The summed E-state index contributed by atoms with van der Waals surface area (Å²) in [6.45, 7) is 2.61. The summed E-state index contributed by atoms with van der Waals surface area (Å²) in [7, 11) is 0. The lowest BCUT2D eigenvalue weighted by molar-refractivity contribution is 0.0964. The molecule has 1 saturated carbocycles. The first kappa shape index (κ1) is 12.3. The molecule has 1 fully saturated rings. The SMILES string of the molecule is CC(CN)CC(=O)c1ccccc1C1CCC1. The summed E-state index contributed by atoms with van der Waals surface area (Å²) in [6, 6.07) is 8.09. The minimum atomic E-state index is 0.255. The Balaban J connectivity index is 2.16. The smallest absolute Gasteiger partial charge is 0.163 e. The number of nitrogens with two attached hydrogens (primary N) is 1. The van der Waals surface area contributed by atoms with Crippen LogP contribution in [0.1, 0.15) is 54.4 Å². The molecule has 92 valence electrons. The van der Waals surface area contributed by atoms with Crippen LogP contribution in [0, 0.1) is 5.92 Å². The Morgan fingerprint density at radius 2 is 2.12 bits per heavy atom. The van der Waals surface area contributed by atoms with Crippen LogP contribution in [0.4, 0.5) is 0 Å². The Kier molecular flexibility index (Phi) is 3.95. The molecule has 0 aromatic heterocycles. The third-order valence-corrected chi connectivity index (χ3v) is 3.74. The van der Waals surface area contributed by atoms with Crippen molar-refractivity contribution in [1.29, 1.82) is 0 Å². The van der Waals surface area contributed by atoms with Gasteiger partial charge in [0.15, 0.2) is 5.78 Å². The highest BCUT2D eigenvalue weighted by molar-refractivity contribution is 5.97. The third-order valence-electron chi connectivity index (χ3n) is 3.74. The van der Waals surface area contributed by atoms with Crippen molar-refractivity contribution in [2.75, 3.05) is 6.54 Å². The standard InChI is InChI=1S/C15H21NO/c1-11(10-16)9-15(17)14-8-3-2-7-13(14)12-5-4-6-12/h2-3,7-8,11-12H,4-6,9-10,16H2,1H3. The van der Waals surface area contributed by atoms with E-state index in [2.05, 4.69) is 6.07 Å². The lowest BCUT2D eigenvalue weighted by atomic mass is 9.77. The van der Waals surface area contributed by atoms with Crippen LogP contribution in [0.15, 0.2) is 24.3 Å². The molecule has 1 aromatic carbocycles. The average molecular weight is 231 g/mol. The minimum absolute atomic E-state index is 0.255. The molecule has 0 aliphatic heterocycles. The molecule has 0 amide bonds. The van der Waals surface area contributed by atoms with Crippen LogP contribution in [0.25, 0.3) is 0 Å². The molecule has 1 unspecified atom stereocenters. The van der Waals surface area contributed by atoms with Gasteiger partial charge < -0.3 is 5.73 Å². The zero-order valence-corrected chi connectivity index (χ0v) is 10.5. The topological polar surface area (TPSA) is 43.1 Å². The fourth-order valence-electron chi connectivity index (χ4n) is 2.34. The third kappa shape index (κ3) is 2.75. The average Bonchev–Trinajstić information content (AvgIpc) is 2.27. The molecule has 1 aliphatic rings. The van der Waals surface area contributed by atoms with E-state index in [0.29, 0.717) is 18.9 Å². The van der Waals surface area contributed by atoms with E-state index in [9.17, 15) is 4.79 Å². The monoisotopic (exact) mass is 231 g/mol. The van der Waals surface area contributed by atoms with Crippen molar-refractivity contribution in [3.05, 3.63) is 35.4 Å². The van der Waals surface area contributed by atoms with Crippen molar-refractivity contribution in [2.24, 2.45) is 11.7 Å². The summed E-state index contributed by atoms with van der Waals surface area (Å²) in [5, 5.41) is 0. The van der Waals surface area contributed by atoms with Gasteiger partial charge in [0.25, 0.3) is 0 Å². The summed E-state index contributed by atoms with van der Waals surface area (Å²) < 4.78 is 0. The van der Waals surface area contributed by atoms with E-state index < -0.39 is 0 Å². The lowest BCUT2D eigenvalue weighted by Gasteiger charge is -2.27. The number of ketones is 1. The fourth-order valence-corrected chi connectivity index (χ4v) is 2.34. The lowest BCUT2D eigenvalue weighted by Crippen LogP contribution is -2.18. The van der Waals surface area contributed by atoms with Crippen LogP contribution in [0.2, 0.25) is 0 Å². The Labute approximate surface area is 103 Å². The highest BCUT2D eigenvalue weighted by Crippen LogP contribution is 2.38. The predicted octanol–water partition coefficient (Wildman–Crippen LogP) is 3.12. The highest BCUT2D eigenvalue weighted by atomic mass is 16.1. The molecule has 0 saturated heterocycles. The van der Waals surface area contributed by atoms with E-state index in [1.54, 1.807) is 0 Å². The van der Waals surface area contributed by atoms with E-state index in [4.69, 9.17) is 5.73 Å². The van der Waals surface area contributed by atoms with Crippen molar-refractivity contribution in [3.8, 4) is 0 Å². The number of hydrogen-bond acceptors (Lipinski definition) is 2. The van der Waals surface area contributed by atoms with Gasteiger partial charge in [-0.15, -0.1) is 0 Å². The summed E-state index contributed by atoms with van der Waals surface area (Å²) in [5.41, 5.74) is 7.77. The Hall–Kier alpha value is -1.15. The first-order valence-electron chi connectivity index (χ1n) is 6.54. The highest BCUT2D eigenvalue weighted by Gasteiger charge is 2.24. The number of carbonyl (C=O) groups excluding carboxylic acids is 1.